The molecular formula is C69H89ClN13O13S. The molecule has 8 rings (SSSR count). The maximum absolute atomic E-state index is 14.5. The molecule has 97 heavy (non-hydrogen) atoms. The number of ether oxygens (including phenoxy) is 1. The monoisotopic (exact) mass is 1370 g/mol. The van der Waals surface area contributed by atoms with Gasteiger partial charge in [0.1, 0.15) is 47.6 Å². The number of hydrogen-bond donors (Lipinski definition) is 10. The number of Topliss-reactive ketones (excluding diaryl/α,β-unsaturated/α-hetero) is 1. The summed E-state index contributed by atoms with van der Waals surface area (Å²) in [7, 11) is -4.22. The van der Waals surface area contributed by atoms with Crippen LogP contribution >= 0.6 is 11.6 Å². The van der Waals surface area contributed by atoms with Crippen LogP contribution in [0.15, 0.2) is 83.8 Å². The van der Waals surface area contributed by atoms with Crippen molar-refractivity contribution in [2.24, 2.45) is 5.73 Å². The topological polar surface area (TPSA) is 370 Å². The Bertz CT molecular complexity index is 3740. The minimum Gasteiger partial charge on any atom is -0.487 e. The summed E-state index contributed by atoms with van der Waals surface area (Å²) in [5, 5.41) is 26.1. The number of likely N-dealkylation sites (tertiary alicyclic amines) is 3. The molecule has 4 aromatic rings. The van der Waals surface area contributed by atoms with Gasteiger partial charge in [0.05, 0.1) is 36.5 Å². The van der Waals surface area contributed by atoms with Gasteiger partial charge in [0, 0.05) is 36.8 Å². The lowest BCUT2D eigenvalue weighted by Gasteiger charge is -2.35. The molecule has 3 fully saturated rings. The van der Waals surface area contributed by atoms with Crippen LogP contribution in [0, 0.1) is 32.1 Å². The zero-order valence-corrected chi connectivity index (χ0v) is 57.7. The molecule has 4 aliphatic rings. The minimum absolute atomic E-state index is 0.00339. The summed E-state index contributed by atoms with van der Waals surface area (Å²) < 4.78 is 35.8. The van der Waals surface area contributed by atoms with Crippen LogP contribution in [-0.4, -0.2) is 182 Å². The second kappa shape index (κ2) is 32.4. The quantitative estimate of drug-likeness (QED) is 0.0142. The van der Waals surface area contributed by atoms with Crippen LogP contribution in [0.25, 0.3) is 0 Å². The summed E-state index contributed by atoms with van der Waals surface area (Å²) in [5.74, 6) is -5.06. The van der Waals surface area contributed by atoms with Gasteiger partial charge in [-0.2, -0.15) is 0 Å². The van der Waals surface area contributed by atoms with Crippen molar-refractivity contribution in [2.75, 3.05) is 45.8 Å². The van der Waals surface area contributed by atoms with E-state index < -0.39 is 131 Å². The molecule has 0 unspecified atom stereocenters. The number of carbonyl (C=O) groups is 10. The molecule has 0 saturated carbocycles. The second-order valence-electron chi connectivity index (χ2n) is 25.7. The molecule has 3 saturated heterocycles. The van der Waals surface area contributed by atoms with Gasteiger partial charge < -0.3 is 62.4 Å². The van der Waals surface area contributed by atoms with E-state index in [1.807, 2.05) is 80.6 Å². The number of amides is 9. The molecule has 4 aliphatic heterocycles. The van der Waals surface area contributed by atoms with E-state index in [0.29, 0.717) is 90.9 Å². The van der Waals surface area contributed by atoms with E-state index in [4.69, 9.17) is 27.5 Å². The number of fused-ring (bicyclic) bond motifs is 1. The SMILES string of the molecule is Cc1c(C)c(S(=O)(=O)NC(=N)NCCC[C@H](NC(=O)CN)C(=O)N[C@@H](C)C(=O)NCC(=O)NCC(=O)N[C@@H](C)C(=O)N[C@@H](C)C(=O)N2CCC[C@H]2C(=O)N2CCC[C@H]2C(=O)N2CCC[C@H]2C(=O)c2ccc([C](c3ccccc3)c3ccccc3)c(Cl)c2)c(C)c2c1OC(C)(C)CC2. The Hall–Kier alpha value is -8.95. The van der Waals surface area contributed by atoms with Crippen LogP contribution in [0.4, 0.5) is 0 Å². The summed E-state index contributed by atoms with van der Waals surface area (Å²) in [4.78, 5) is 139. The zero-order valence-electron chi connectivity index (χ0n) is 56.1. The highest BCUT2D eigenvalue weighted by Crippen LogP contribution is 2.43. The Morgan fingerprint density at radius 1 is 0.639 bits per heavy atom. The first-order chi connectivity index (χ1) is 46.0. The number of guanidine groups is 1. The highest BCUT2D eigenvalue weighted by Gasteiger charge is 2.47. The van der Waals surface area contributed by atoms with E-state index >= 15 is 0 Å². The molecule has 521 valence electrons. The Kier molecular flexibility index (Phi) is 24.7. The molecule has 0 aromatic heterocycles. The molecule has 0 spiro atoms. The summed E-state index contributed by atoms with van der Waals surface area (Å²) in [6.45, 7) is 12.4. The van der Waals surface area contributed by atoms with Crippen LogP contribution in [0.3, 0.4) is 0 Å². The van der Waals surface area contributed by atoms with Gasteiger partial charge in [-0.25, -0.2) is 13.1 Å². The van der Waals surface area contributed by atoms with Crippen LogP contribution < -0.4 is 52.4 Å². The molecule has 7 atom stereocenters. The van der Waals surface area contributed by atoms with Gasteiger partial charge in [-0.1, -0.05) is 84.4 Å². The predicted octanol–water partition coefficient (Wildman–Crippen LogP) is 3.02. The fourth-order valence-electron chi connectivity index (χ4n) is 13.0. The molecular weight excluding hydrogens is 1290 g/mol. The van der Waals surface area contributed by atoms with Crippen molar-refractivity contribution < 1.29 is 61.1 Å². The van der Waals surface area contributed by atoms with Crippen molar-refractivity contribution in [3.8, 4) is 5.75 Å². The average Bonchev–Trinajstić information content (AvgIpc) is 1.37. The van der Waals surface area contributed by atoms with E-state index in [1.165, 1.54) is 30.6 Å². The van der Waals surface area contributed by atoms with E-state index in [-0.39, 0.29) is 49.1 Å². The zero-order chi connectivity index (χ0) is 70.6. The molecule has 28 heteroatoms. The number of nitrogens with zero attached hydrogens (tertiary/aromatic N) is 3. The van der Waals surface area contributed by atoms with Crippen LogP contribution in [-0.2, 0) is 59.6 Å². The van der Waals surface area contributed by atoms with Gasteiger partial charge in [0.2, 0.25) is 59.1 Å². The lowest BCUT2D eigenvalue weighted by Crippen LogP contribution is -2.57. The normalized spacial score (nSPS) is 18.5. The first-order valence-electron chi connectivity index (χ1n) is 32.9. The number of benzene rings is 4. The Morgan fingerprint density at radius 2 is 1.20 bits per heavy atom. The second-order valence-corrected chi connectivity index (χ2v) is 27.8. The smallest absolute Gasteiger partial charge is 0.264 e. The van der Waals surface area contributed by atoms with Crippen LogP contribution in [0.1, 0.15) is 142 Å². The third-order valence-electron chi connectivity index (χ3n) is 18.2. The first-order valence-corrected chi connectivity index (χ1v) is 34.7. The maximum Gasteiger partial charge on any atom is 0.264 e. The van der Waals surface area contributed by atoms with E-state index in [0.717, 1.165) is 28.2 Å². The number of hydrogen-bond acceptors (Lipinski definition) is 15. The van der Waals surface area contributed by atoms with Crippen molar-refractivity contribution in [2.45, 2.75) is 172 Å². The highest BCUT2D eigenvalue weighted by molar-refractivity contribution is 7.90. The van der Waals surface area contributed by atoms with Crippen LogP contribution in [0.5, 0.6) is 5.75 Å². The molecule has 0 aliphatic carbocycles. The third-order valence-corrected chi connectivity index (χ3v) is 20.2. The number of nitrogens with two attached hydrogens (primary N) is 1. The Labute approximate surface area is 570 Å². The average molecular weight is 1380 g/mol. The maximum atomic E-state index is 14.5. The first kappa shape index (κ1) is 73.9. The van der Waals surface area contributed by atoms with Crippen molar-refractivity contribution in [1.82, 2.24) is 56.6 Å². The standard InChI is InChI=1S/C69H89ClN13O13S/c1-39-40(2)61(41(3)48-29-30-69(7,8)96-60(39)48)97(94,95)80-68(72)73-31-15-23-51(79-55(84)36-71)64(90)77-42(4)62(88)75-37-56(85)74-38-57(86)76-43(5)63(89)78-44(6)65(91)82-33-17-25-53(82)67(93)83-34-18-26-54(83)66(92)81-32-16-24-52(81)59(87)47-27-28-49(50(70)35-47)58(45-19-11-9-12-20-45)46-21-13-10-14-22-46/h9-14,19-22,27-28,35,42-44,51-54H,15-18,23-26,29-34,36-38,71H2,1-8H3,(H,74,85)(H,75,88)(H,76,86)(H,77,90)(H,78,89)(H,79,84)(H3,72,73,80)/t42-,43-,44-,51-,52-,53-,54-/m0/s1. The van der Waals surface area contributed by atoms with Gasteiger partial charge in [-0.3, -0.25) is 53.4 Å². The molecule has 11 N–H and O–H groups in total. The molecule has 4 heterocycles. The van der Waals surface area contributed by atoms with Gasteiger partial charge in [-0.05, 0) is 165 Å². The fourth-order valence-corrected chi connectivity index (χ4v) is 14.8. The fraction of sp³-hybridized carbons (Fsp3) is 0.478. The van der Waals surface area contributed by atoms with Crippen molar-refractivity contribution in [3.63, 3.8) is 0 Å². The van der Waals surface area contributed by atoms with Crippen molar-refractivity contribution in [3.05, 3.63) is 134 Å². The molecule has 9 amide bonds. The summed E-state index contributed by atoms with van der Waals surface area (Å²) in [5.41, 5.74) is 10.6. The summed E-state index contributed by atoms with van der Waals surface area (Å²) in [6.07, 6.45) is 4.18. The minimum atomic E-state index is -4.22. The summed E-state index contributed by atoms with van der Waals surface area (Å²) in [6, 6.07) is 17.6. The van der Waals surface area contributed by atoms with Crippen LogP contribution in [0.2, 0.25) is 5.02 Å². The highest BCUT2D eigenvalue weighted by atomic mass is 35.5. The summed E-state index contributed by atoms with van der Waals surface area (Å²) >= 11 is 7.00. The molecule has 26 nitrogen and oxygen atoms in total. The number of rotatable bonds is 26. The largest absolute Gasteiger partial charge is 0.487 e. The van der Waals surface area contributed by atoms with E-state index in [2.05, 4.69) is 41.9 Å². The Balaban J connectivity index is 0.747. The number of halogens is 1. The number of carbonyl (C=O) groups excluding carboxylic acids is 10. The lowest BCUT2D eigenvalue weighted by molar-refractivity contribution is -0.149. The van der Waals surface area contributed by atoms with Gasteiger partial charge in [-0.15, -0.1) is 0 Å². The number of ketones is 1. The Morgan fingerprint density at radius 3 is 1.80 bits per heavy atom. The van der Waals surface area contributed by atoms with Gasteiger partial charge >= 0.3 is 0 Å². The van der Waals surface area contributed by atoms with E-state index in [9.17, 15) is 56.4 Å². The third kappa shape index (κ3) is 18.0. The van der Waals surface area contributed by atoms with Gasteiger partial charge in [0.25, 0.3) is 10.0 Å². The molecule has 4 aromatic carbocycles. The van der Waals surface area contributed by atoms with Crippen molar-refractivity contribution >= 4 is 86.5 Å². The van der Waals surface area contributed by atoms with Crippen molar-refractivity contribution in [1.29, 1.82) is 5.41 Å². The number of nitrogens with one attached hydrogen (secondary N) is 9. The van der Waals surface area contributed by atoms with Gasteiger partial charge in [0.15, 0.2) is 5.78 Å². The van der Waals surface area contributed by atoms with E-state index in [1.54, 1.807) is 37.8 Å². The lowest BCUT2D eigenvalue weighted by atomic mass is 9.84. The number of sulfonamides is 1. The molecule has 1 radical (unpaired) electrons. The molecule has 0 bridgehead atoms. The predicted molar refractivity (Wildman–Crippen MR) is 362 cm³/mol.